The Hall–Kier alpha value is -3.40. The number of piperidine rings is 1. The van der Waals surface area contributed by atoms with Crippen LogP contribution in [0.2, 0.25) is 0 Å². The zero-order valence-corrected chi connectivity index (χ0v) is 18.5. The molecule has 0 aliphatic carbocycles. The molecule has 10 nitrogen and oxygen atoms in total. The van der Waals surface area contributed by atoms with Crippen molar-refractivity contribution in [1.29, 1.82) is 0 Å². The number of para-hydroxylation sites is 1. The van der Waals surface area contributed by atoms with E-state index in [9.17, 15) is 14.4 Å². The number of benzene rings is 1. The Bertz CT molecular complexity index is 957. The van der Waals surface area contributed by atoms with E-state index in [1.54, 1.807) is 23.2 Å². The van der Waals surface area contributed by atoms with Crippen molar-refractivity contribution < 1.29 is 23.9 Å². The highest BCUT2D eigenvalue weighted by molar-refractivity contribution is 5.91. The summed E-state index contributed by atoms with van der Waals surface area (Å²) < 4.78 is 12.2. The van der Waals surface area contributed by atoms with Crippen LogP contribution in [0.1, 0.15) is 12.8 Å². The molecule has 0 saturated carbocycles. The van der Waals surface area contributed by atoms with Crippen molar-refractivity contribution in [3.05, 3.63) is 42.7 Å². The molecule has 176 valence electrons. The first kappa shape index (κ1) is 22.8. The highest BCUT2D eigenvalue weighted by Crippen LogP contribution is 2.20. The Balaban J connectivity index is 1.24. The normalized spacial score (nSPS) is 18.6. The molecule has 4 rings (SSSR count). The number of carbonyl (C=O) groups is 3. The third kappa shape index (κ3) is 6.32. The number of ether oxygens (including phenoxy) is 2. The number of rotatable bonds is 7. The minimum Gasteiger partial charge on any atom is -0.484 e. The quantitative estimate of drug-likeness (QED) is 0.668. The molecule has 2 aliphatic heterocycles. The Morgan fingerprint density at radius 2 is 1.88 bits per heavy atom. The lowest BCUT2D eigenvalue weighted by Gasteiger charge is -2.36. The Morgan fingerprint density at radius 1 is 1.09 bits per heavy atom. The molecule has 33 heavy (non-hydrogen) atoms. The van der Waals surface area contributed by atoms with Gasteiger partial charge in [-0.3, -0.25) is 19.1 Å². The van der Waals surface area contributed by atoms with E-state index in [4.69, 9.17) is 9.47 Å². The number of aromatic nitrogens is 2. The van der Waals surface area contributed by atoms with Gasteiger partial charge >= 0.3 is 0 Å². The maximum atomic E-state index is 12.8. The summed E-state index contributed by atoms with van der Waals surface area (Å²) in [6, 6.07) is 9.08. The SMILES string of the molecule is O=C(COc1ccccc1)Nc1cnn(CC(=O)N2CCC[C@@H](C(=O)N3CCOCC3)C2)c1. The van der Waals surface area contributed by atoms with E-state index >= 15 is 0 Å². The van der Waals surface area contributed by atoms with Crippen molar-refractivity contribution in [2.24, 2.45) is 5.92 Å². The van der Waals surface area contributed by atoms with Crippen LogP contribution in [-0.4, -0.2) is 83.3 Å². The summed E-state index contributed by atoms with van der Waals surface area (Å²) in [6.45, 7) is 3.34. The lowest BCUT2D eigenvalue weighted by molar-refractivity contribution is -0.144. The second-order valence-corrected chi connectivity index (χ2v) is 8.19. The zero-order chi connectivity index (χ0) is 23.0. The lowest BCUT2D eigenvalue weighted by atomic mass is 9.96. The Morgan fingerprint density at radius 3 is 2.67 bits per heavy atom. The maximum Gasteiger partial charge on any atom is 0.262 e. The zero-order valence-electron chi connectivity index (χ0n) is 18.5. The molecule has 3 heterocycles. The molecule has 2 fully saturated rings. The molecular formula is C23H29N5O5. The smallest absolute Gasteiger partial charge is 0.262 e. The lowest BCUT2D eigenvalue weighted by Crippen LogP contribution is -2.50. The summed E-state index contributed by atoms with van der Waals surface area (Å²) in [5.41, 5.74) is 0.489. The highest BCUT2D eigenvalue weighted by Gasteiger charge is 2.31. The van der Waals surface area contributed by atoms with Gasteiger partial charge in [-0.25, -0.2) is 0 Å². The molecule has 10 heteroatoms. The summed E-state index contributed by atoms with van der Waals surface area (Å²) in [5.74, 6) is 0.143. The largest absolute Gasteiger partial charge is 0.484 e. The average Bonchev–Trinajstić information content (AvgIpc) is 3.30. The molecular weight excluding hydrogens is 426 g/mol. The molecule has 0 radical (unpaired) electrons. The minimum absolute atomic E-state index is 0.0504. The number of anilines is 1. The van der Waals surface area contributed by atoms with Crippen LogP contribution in [0.3, 0.4) is 0 Å². The maximum absolute atomic E-state index is 12.8. The van der Waals surface area contributed by atoms with Crippen LogP contribution >= 0.6 is 0 Å². The fourth-order valence-corrected chi connectivity index (χ4v) is 4.06. The van der Waals surface area contributed by atoms with E-state index in [2.05, 4.69) is 10.4 Å². The molecule has 1 N–H and O–H groups in total. The van der Waals surface area contributed by atoms with E-state index in [0.717, 1.165) is 12.8 Å². The van der Waals surface area contributed by atoms with Crippen LogP contribution in [0.5, 0.6) is 5.75 Å². The van der Waals surface area contributed by atoms with Crippen molar-refractivity contribution >= 4 is 23.4 Å². The third-order valence-corrected chi connectivity index (χ3v) is 5.77. The first-order valence-electron chi connectivity index (χ1n) is 11.2. The topological polar surface area (TPSA) is 106 Å². The van der Waals surface area contributed by atoms with Crippen LogP contribution in [-0.2, 0) is 25.7 Å². The molecule has 0 spiro atoms. The minimum atomic E-state index is -0.315. The Labute approximate surface area is 192 Å². The van der Waals surface area contributed by atoms with Gasteiger partial charge in [0, 0.05) is 32.4 Å². The van der Waals surface area contributed by atoms with Gasteiger partial charge < -0.3 is 24.6 Å². The van der Waals surface area contributed by atoms with Crippen molar-refractivity contribution in [1.82, 2.24) is 19.6 Å². The molecule has 1 aromatic heterocycles. The van der Waals surface area contributed by atoms with E-state index in [1.165, 1.54) is 10.9 Å². The summed E-state index contributed by atoms with van der Waals surface area (Å²) in [7, 11) is 0. The van der Waals surface area contributed by atoms with Gasteiger partial charge in [-0.1, -0.05) is 18.2 Å². The fourth-order valence-electron chi connectivity index (χ4n) is 4.06. The molecule has 1 atom stereocenters. The van der Waals surface area contributed by atoms with E-state index in [-0.39, 0.29) is 36.8 Å². The summed E-state index contributed by atoms with van der Waals surface area (Å²) >= 11 is 0. The first-order valence-corrected chi connectivity index (χ1v) is 11.2. The standard InChI is InChI=1S/C23H29N5O5/c29-21(17-33-20-6-2-1-3-7-20)25-19-13-24-28(15-19)16-22(30)27-8-4-5-18(14-27)23(31)26-9-11-32-12-10-26/h1-3,6-7,13,15,18H,4-5,8-12,14,16-17H2,(H,25,29)/t18-/m1/s1. The van der Waals surface area contributed by atoms with Crippen molar-refractivity contribution in [3.63, 3.8) is 0 Å². The fraction of sp³-hybridized carbons (Fsp3) is 0.478. The number of morpholine rings is 1. The van der Waals surface area contributed by atoms with Gasteiger partial charge in [0.05, 0.1) is 31.0 Å². The monoisotopic (exact) mass is 455 g/mol. The number of carbonyl (C=O) groups excluding carboxylic acids is 3. The average molecular weight is 456 g/mol. The van der Waals surface area contributed by atoms with Crippen LogP contribution in [0.25, 0.3) is 0 Å². The van der Waals surface area contributed by atoms with Crippen LogP contribution in [0.4, 0.5) is 5.69 Å². The highest BCUT2D eigenvalue weighted by atomic mass is 16.5. The van der Waals surface area contributed by atoms with Crippen LogP contribution < -0.4 is 10.1 Å². The Kier molecular flexibility index (Phi) is 7.56. The molecule has 1 aromatic carbocycles. The predicted octanol–water partition coefficient (Wildman–Crippen LogP) is 0.998. The van der Waals surface area contributed by atoms with Crippen molar-refractivity contribution in [2.75, 3.05) is 51.3 Å². The van der Waals surface area contributed by atoms with Crippen LogP contribution in [0.15, 0.2) is 42.7 Å². The van der Waals surface area contributed by atoms with E-state index in [1.807, 2.05) is 23.1 Å². The van der Waals surface area contributed by atoms with E-state index < -0.39 is 0 Å². The molecule has 0 unspecified atom stereocenters. The summed E-state index contributed by atoms with van der Waals surface area (Å²) in [5, 5.41) is 6.89. The molecule has 0 bridgehead atoms. The molecule has 2 aromatic rings. The number of nitrogens with zero attached hydrogens (tertiary/aromatic N) is 4. The van der Waals surface area contributed by atoms with Gasteiger partial charge in [-0.05, 0) is 25.0 Å². The number of likely N-dealkylation sites (tertiary alicyclic amines) is 1. The molecule has 2 saturated heterocycles. The van der Waals surface area contributed by atoms with E-state index in [0.29, 0.717) is 50.8 Å². The number of hydrogen-bond donors (Lipinski definition) is 1. The van der Waals surface area contributed by atoms with Gasteiger partial charge in [0.2, 0.25) is 11.8 Å². The second-order valence-electron chi connectivity index (χ2n) is 8.19. The summed E-state index contributed by atoms with van der Waals surface area (Å²) in [6.07, 6.45) is 4.70. The number of nitrogens with one attached hydrogen (secondary N) is 1. The second kappa shape index (κ2) is 11.0. The molecule has 2 aliphatic rings. The van der Waals surface area contributed by atoms with Crippen LogP contribution in [0, 0.1) is 5.92 Å². The third-order valence-electron chi connectivity index (χ3n) is 5.77. The van der Waals surface area contributed by atoms with Gasteiger partial charge in [0.15, 0.2) is 6.61 Å². The predicted molar refractivity (Wildman–Crippen MR) is 119 cm³/mol. The molecule has 3 amide bonds. The van der Waals surface area contributed by atoms with Gasteiger partial charge in [0.1, 0.15) is 12.3 Å². The van der Waals surface area contributed by atoms with Crippen molar-refractivity contribution in [3.8, 4) is 5.75 Å². The van der Waals surface area contributed by atoms with Gasteiger partial charge in [-0.2, -0.15) is 5.10 Å². The number of amides is 3. The summed E-state index contributed by atoms with van der Waals surface area (Å²) in [4.78, 5) is 41.3. The first-order chi connectivity index (χ1) is 16.1. The van der Waals surface area contributed by atoms with Gasteiger partial charge in [0.25, 0.3) is 5.91 Å². The number of hydrogen-bond acceptors (Lipinski definition) is 6. The van der Waals surface area contributed by atoms with Crippen molar-refractivity contribution in [2.45, 2.75) is 19.4 Å². The van der Waals surface area contributed by atoms with Gasteiger partial charge in [-0.15, -0.1) is 0 Å².